The minimum absolute atomic E-state index is 0.0243. The summed E-state index contributed by atoms with van der Waals surface area (Å²) >= 11 is 0. The third kappa shape index (κ3) is 2.83. The Kier molecular flexibility index (Phi) is 4.00. The largest absolute Gasteiger partial charge is 0.386 e. The predicted molar refractivity (Wildman–Crippen MR) is 79.5 cm³/mol. The van der Waals surface area contributed by atoms with Gasteiger partial charge in [-0.1, -0.05) is 32.0 Å². The van der Waals surface area contributed by atoms with Crippen LogP contribution in [0, 0.1) is 5.92 Å². The topological polar surface area (TPSA) is 49.8 Å². The van der Waals surface area contributed by atoms with Crippen molar-refractivity contribution >= 4 is 5.91 Å². The summed E-state index contributed by atoms with van der Waals surface area (Å²) in [6.07, 6.45) is 1.28. The maximum atomic E-state index is 12.1. The molecule has 0 radical (unpaired) electrons. The van der Waals surface area contributed by atoms with Crippen LogP contribution in [0.4, 0.5) is 0 Å². The maximum absolute atomic E-state index is 12.1. The first kappa shape index (κ1) is 14.5. The Morgan fingerprint density at radius 1 is 1.33 bits per heavy atom. The zero-order valence-corrected chi connectivity index (χ0v) is 12.7. The van der Waals surface area contributed by atoms with Crippen molar-refractivity contribution in [2.75, 3.05) is 6.61 Å². The summed E-state index contributed by atoms with van der Waals surface area (Å²) in [5, 5.41) is 10.4. The number of nitrogens with zero attached hydrogens (tertiary/aromatic N) is 1. The molecule has 1 fully saturated rings. The minimum Gasteiger partial charge on any atom is -0.386 e. The molecule has 0 aliphatic carbocycles. The Balaban J connectivity index is 1.75. The number of hydrogen-bond donors (Lipinski definition) is 1. The van der Waals surface area contributed by atoms with E-state index >= 15 is 0 Å². The summed E-state index contributed by atoms with van der Waals surface area (Å²) in [6.45, 7) is 5.93. The molecule has 1 saturated heterocycles. The molecule has 2 aliphatic rings. The van der Waals surface area contributed by atoms with Gasteiger partial charge < -0.3 is 14.7 Å². The van der Waals surface area contributed by atoms with E-state index in [-0.39, 0.29) is 17.9 Å². The van der Waals surface area contributed by atoms with Gasteiger partial charge in [0.2, 0.25) is 5.91 Å². The van der Waals surface area contributed by atoms with Crippen molar-refractivity contribution in [1.29, 1.82) is 0 Å². The van der Waals surface area contributed by atoms with Gasteiger partial charge in [0.25, 0.3) is 0 Å². The fourth-order valence-corrected chi connectivity index (χ4v) is 3.19. The second kappa shape index (κ2) is 5.78. The van der Waals surface area contributed by atoms with Crippen molar-refractivity contribution < 1.29 is 14.6 Å². The summed E-state index contributed by atoms with van der Waals surface area (Å²) in [7, 11) is 0. The van der Waals surface area contributed by atoms with E-state index < -0.39 is 6.10 Å². The first-order valence-electron chi connectivity index (χ1n) is 7.76. The van der Waals surface area contributed by atoms with Crippen LogP contribution >= 0.6 is 0 Å². The molecule has 1 aromatic rings. The van der Waals surface area contributed by atoms with Gasteiger partial charge in [0.15, 0.2) is 0 Å². The number of ether oxygens (including phenoxy) is 1. The number of carbonyl (C=O) groups excluding carboxylic acids is 1. The first-order valence-corrected chi connectivity index (χ1v) is 7.76. The van der Waals surface area contributed by atoms with E-state index in [4.69, 9.17) is 4.74 Å². The van der Waals surface area contributed by atoms with Crippen LogP contribution in [0.1, 0.15) is 49.5 Å². The minimum atomic E-state index is -0.562. The van der Waals surface area contributed by atoms with Crippen molar-refractivity contribution in [1.82, 2.24) is 4.90 Å². The van der Waals surface area contributed by atoms with E-state index in [9.17, 15) is 9.90 Å². The van der Waals surface area contributed by atoms with Crippen molar-refractivity contribution in [2.24, 2.45) is 5.92 Å². The lowest BCUT2D eigenvalue weighted by molar-refractivity contribution is -0.135. The van der Waals surface area contributed by atoms with Gasteiger partial charge in [0.05, 0.1) is 6.10 Å². The average molecular weight is 289 g/mol. The molecule has 2 aliphatic heterocycles. The molecule has 0 saturated carbocycles. The number of carbonyl (C=O) groups is 1. The van der Waals surface area contributed by atoms with Crippen molar-refractivity contribution in [2.45, 2.75) is 52.0 Å². The molecule has 4 nitrogen and oxygen atoms in total. The Hall–Kier alpha value is -1.39. The molecule has 1 aromatic carbocycles. The second-order valence-corrected chi connectivity index (χ2v) is 6.37. The summed E-state index contributed by atoms with van der Waals surface area (Å²) < 4.78 is 5.56. The molecule has 0 aromatic heterocycles. The Morgan fingerprint density at radius 3 is 2.76 bits per heavy atom. The SMILES string of the molecule is CC(C)C(=O)N1Cc2ccc(C(O)C3CCCO3)cc2C1. The van der Waals surface area contributed by atoms with Crippen molar-refractivity contribution in [3.8, 4) is 0 Å². The van der Waals surface area contributed by atoms with Crippen LogP contribution in [0.25, 0.3) is 0 Å². The van der Waals surface area contributed by atoms with Crippen LogP contribution in [-0.2, 0) is 22.6 Å². The number of aliphatic hydroxyl groups excluding tert-OH is 1. The summed E-state index contributed by atoms with van der Waals surface area (Å²) in [5.74, 6) is 0.212. The van der Waals surface area contributed by atoms with Gasteiger partial charge in [0.1, 0.15) is 6.10 Å². The molecule has 1 N–H and O–H groups in total. The zero-order chi connectivity index (χ0) is 15.0. The highest BCUT2D eigenvalue weighted by atomic mass is 16.5. The molecule has 2 heterocycles. The number of fused-ring (bicyclic) bond motifs is 1. The van der Waals surface area contributed by atoms with E-state index in [2.05, 4.69) is 0 Å². The van der Waals surface area contributed by atoms with Crippen LogP contribution in [0.2, 0.25) is 0 Å². The highest BCUT2D eigenvalue weighted by molar-refractivity contribution is 5.78. The molecule has 114 valence electrons. The maximum Gasteiger partial charge on any atom is 0.225 e. The highest BCUT2D eigenvalue weighted by Crippen LogP contribution is 2.31. The number of hydrogen-bond acceptors (Lipinski definition) is 3. The third-order valence-corrected chi connectivity index (χ3v) is 4.42. The Bertz CT molecular complexity index is 535. The van der Waals surface area contributed by atoms with Crippen LogP contribution in [0.15, 0.2) is 18.2 Å². The molecule has 1 amide bonds. The monoisotopic (exact) mass is 289 g/mol. The number of benzene rings is 1. The third-order valence-electron chi connectivity index (χ3n) is 4.42. The second-order valence-electron chi connectivity index (χ2n) is 6.37. The molecule has 21 heavy (non-hydrogen) atoms. The van der Waals surface area contributed by atoms with Gasteiger partial charge in [-0.3, -0.25) is 4.79 Å². The Labute approximate surface area is 125 Å². The van der Waals surface area contributed by atoms with Gasteiger partial charge in [0, 0.05) is 25.6 Å². The fourth-order valence-electron chi connectivity index (χ4n) is 3.19. The molecule has 2 atom stereocenters. The van der Waals surface area contributed by atoms with Crippen molar-refractivity contribution in [3.63, 3.8) is 0 Å². The highest BCUT2D eigenvalue weighted by Gasteiger charge is 2.28. The summed E-state index contributed by atoms with van der Waals surface area (Å²) in [4.78, 5) is 14.0. The molecule has 4 heteroatoms. The zero-order valence-electron chi connectivity index (χ0n) is 12.7. The number of amides is 1. The van der Waals surface area contributed by atoms with E-state index in [0.29, 0.717) is 13.1 Å². The van der Waals surface area contributed by atoms with Crippen LogP contribution in [0.5, 0.6) is 0 Å². The Morgan fingerprint density at radius 2 is 2.10 bits per heavy atom. The van der Waals surface area contributed by atoms with Gasteiger partial charge in [-0.15, -0.1) is 0 Å². The number of rotatable bonds is 3. The normalized spacial score (nSPS) is 22.7. The smallest absolute Gasteiger partial charge is 0.225 e. The quantitative estimate of drug-likeness (QED) is 0.929. The van der Waals surface area contributed by atoms with Crippen LogP contribution < -0.4 is 0 Å². The number of aliphatic hydroxyl groups is 1. The predicted octanol–water partition coefficient (Wildman–Crippen LogP) is 2.40. The van der Waals surface area contributed by atoms with E-state index in [1.54, 1.807) is 0 Å². The lowest BCUT2D eigenvalue weighted by Gasteiger charge is -2.18. The van der Waals surface area contributed by atoms with Gasteiger partial charge in [-0.2, -0.15) is 0 Å². The first-order chi connectivity index (χ1) is 10.1. The molecule has 3 rings (SSSR count). The van der Waals surface area contributed by atoms with Crippen LogP contribution in [-0.4, -0.2) is 28.6 Å². The summed E-state index contributed by atoms with van der Waals surface area (Å²) in [6, 6.07) is 6.04. The van der Waals surface area contributed by atoms with E-state index in [1.807, 2.05) is 36.9 Å². The molecule has 0 spiro atoms. The molecule has 0 bridgehead atoms. The van der Waals surface area contributed by atoms with Gasteiger partial charge in [-0.25, -0.2) is 0 Å². The van der Waals surface area contributed by atoms with E-state index in [0.717, 1.165) is 30.6 Å². The molecular weight excluding hydrogens is 266 g/mol. The van der Waals surface area contributed by atoms with Gasteiger partial charge in [-0.05, 0) is 29.5 Å². The lowest BCUT2D eigenvalue weighted by Crippen LogP contribution is -2.29. The van der Waals surface area contributed by atoms with Crippen LogP contribution in [0.3, 0.4) is 0 Å². The lowest BCUT2D eigenvalue weighted by atomic mass is 9.98. The van der Waals surface area contributed by atoms with E-state index in [1.165, 1.54) is 5.56 Å². The molecular formula is C17H23NO3. The average Bonchev–Trinajstić information content (AvgIpc) is 3.13. The van der Waals surface area contributed by atoms with Gasteiger partial charge >= 0.3 is 0 Å². The van der Waals surface area contributed by atoms with Crippen molar-refractivity contribution in [3.05, 3.63) is 34.9 Å². The summed E-state index contributed by atoms with van der Waals surface area (Å²) in [5.41, 5.74) is 3.24. The standard InChI is InChI=1S/C17H23NO3/c1-11(2)17(20)18-9-13-6-5-12(8-14(13)10-18)16(19)15-4-3-7-21-15/h5-6,8,11,15-16,19H,3-4,7,9-10H2,1-2H3. The fraction of sp³-hybridized carbons (Fsp3) is 0.588. The molecule has 2 unspecified atom stereocenters.